The Kier molecular flexibility index (Phi) is 5.09. The van der Waals surface area contributed by atoms with Gasteiger partial charge in [-0.1, -0.05) is 29.8 Å². The maximum absolute atomic E-state index is 13.7. The zero-order valence-corrected chi connectivity index (χ0v) is 17.0. The van der Waals surface area contributed by atoms with Crippen molar-refractivity contribution in [2.24, 2.45) is 0 Å². The van der Waals surface area contributed by atoms with Gasteiger partial charge in [-0.15, -0.1) is 0 Å². The fraction of sp³-hybridized carbons (Fsp3) is 0.0455. The van der Waals surface area contributed by atoms with Crippen LogP contribution < -0.4 is 0 Å². The van der Waals surface area contributed by atoms with E-state index in [4.69, 9.17) is 16.7 Å². The highest BCUT2D eigenvalue weighted by Gasteiger charge is 2.24. The molecule has 0 saturated carbocycles. The number of carbonyl (C=O) groups is 1. The highest BCUT2D eigenvalue weighted by molar-refractivity contribution is 7.90. The van der Waals surface area contributed by atoms with E-state index in [1.165, 1.54) is 34.3 Å². The summed E-state index contributed by atoms with van der Waals surface area (Å²) in [5.41, 5.74) is 1.73. The van der Waals surface area contributed by atoms with Gasteiger partial charge in [-0.25, -0.2) is 21.6 Å². The van der Waals surface area contributed by atoms with Crippen LogP contribution in [0.4, 0.5) is 4.39 Å². The largest absolute Gasteiger partial charge is 0.478 e. The number of carboxylic acids is 1. The van der Waals surface area contributed by atoms with Crippen molar-refractivity contribution in [3.05, 3.63) is 100 Å². The lowest BCUT2D eigenvalue weighted by atomic mass is 10.1. The van der Waals surface area contributed by atoms with Crippen LogP contribution in [0.15, 0.2) is 77.7 Å². The van der Waals surface area contributed by atoms with E-state index < -0.39 is 21.8 Å². The fourth-order valence-corrected chi connectivity index (χ4v) is 5.09. The standard InChI is InChI=1S/C22H15ClFNO4S/c23-17-8-9-21-16(11-17)12-19(10-14-4-6-15(7-5-14)22(26)27)25(21)30(28,29)20-3-1-2-18(24)13-20/h1-9,11-13H,10H2,(H,26,27). The molecule has 0 spiro atoms. The molecule has 1 N–H and O–H groups in total. The molecule has 0 radical (unpaired) electrons. The van der Waals surface area contributed by atoms with E-state index in [1.54, 1.807) is 36.4 Å². The molecular weight excluding hydrogens is 429 g/mol. The molecule has 0 atom stereocenters. The minimum atomic E-state index is -4.09. The van der Waals surface area contributed by atoms with Crippen molar-refractivity contribution in [1.29, 1.82) is 0 Å². The van der Waals surface area contributed by atoms with E-state index in [2.05, 4.69) is 0 Å². The number of carboxylic acid groups (broad SMARTS) is 1. The Labute approximate surface area is 177 Å². The first-order valence-corrected chi connectivity index (χ1v) is 10.7. The average Bonchev–Trinajstić information content (AvgIpc) is 3.06. The van der Waals surface area contributed by atoms with Gasteiger partial charge in [-0.2, -0.15) is 0 Å². The van der Waals surface area contributed by atoms with Crippen molar-refractivity contribution in [2.75, 3.05) is 0 Å². The fourth-order valence-electron chi connectivity index (χ4n) is 3.33. The van der Waals surface area contributed by atoms with Crippen LogP contribution in [-0.4, -0.2) is 23.5 Å². The number of hydrogen-bond acceptors (Lipinski definition) is 3. The van der Waals surface area contributed by atoms with Crippen molar-refractivity contribution in [2.45, 2.75) is 11.3 Å². The molecule has 0 saturated heterocycles. The summed E-state index contributed by atoms with van der Waals surface area (Å²) < 4.78 is 41.7. The van der Waals surface area contributed by atoms with E-state index in [1.807, 2.05) is 0 Å². The zero-order valence-electron chi connectivity index (χ0n) is 15.4. The van der Waals surface area contributed by atoms with Crippen LogP contribution in [-0.2, 0) is 16.4 Å². The highest BCUT2D eigenvalue weighted by atomic mass is 35.5. The Morgan fingerprint density at radius 2 is 1.73 bits per heavy atom. The summed E-state index contributed by atoms with van der Waals surface area (Å²) in [6.07, 6.45) is 0.223. The number of rotatable bonds is 5. The number of aromatic nitrogens is 1. The van der Waals surface area contributed by atoms with Gasteiger partial charge in [0.25, 0.3) is 10.0 Å². The average molecular weight is 444 g/mol. The molecule has 1 heterocycles. The first-order valence-electron chi connectivity index (χ1n) is 8.89. The topological polar surface area (TPSA) is 76.4 Å². The van der Waals surface area contributed by atoms with Crippen molar-refractivity contribution in [3.63, 3.8) is 0 Å². The maximum atomic E-state index is 13.7. The van der Waals surface area contributed by atoms with Gasteiger partial charge in [0, 0.05) is 22.5 Å². The van der Waals surface area contributed by atoms with Crippen molar-refractivity contribution in [1.82, 2.24) is 3.97 Å². The molecule has 1 aromatic heterocycles. The quantitative estimate of drug-likeness (QED) is 0.473. The number of halogens is 2. The third kappa shape index (κ3) is 3.69. The van der Waals surface area contributed by atoms with Crippen LogP contribution in [0.1, 0.15) is 21.6 Å². The van der Waals surface area contributed by atoms with Gasteiger partial charge in [0.1, 0.15) is 5.82 Å². The summed E-state index contributed by atoms with van der Waals surface area (Å²) >= 11 is 6.08. The van der Waals surface area contributed by atoms with Crippen LogP contribution in [0.5, 0.6) is 0 Å². The number of aromatic carboxylic acids is 1. The number of nitrogens with zero attached hydrogens (tertiary/aromatic N) is 1. The van der Waals surface area contributed by atoms with Gasteiger partial charge in [0.05, 0.1) is 16.0 Å². The second kappa shape index (κ2) is 7.59. The normalized spacial score (nSPS) is 11.7. The molecule has 0 aliphatic carbocycles. The predicted molar refractivity (Wildman–Crippen MR) is 112 cm³/mol. The lowest BCUT2D eigenvalue weighted by Crippen LogP contribution is -2.16. The molecule has 0 bridgehead atoms. The molecule has 0 aliphatic rings. The Morgan fingerprint density at radius 1 is 1.00 bits per heavy atom. The van der Waals surface area contributed by atoms with Crippen molar-refractivity contribution in [3.8, 4) is 0 Å². The zero-order chi connectivity index (χ0) is 21.5. The lowest BCUT2D eigenvalue weighted by molar-refractivity contribution is 0.0697. The molecule has 5 nitrogen and oxygen atoms in total. The monoisotopic (exact) mass is 443 g/mol. The SMILES string of the molecule is O=C(O)c1ccc(Cc2cc3cc(Cl)ccc3n2S(=O)(=O)c2cccc(F)c2)cc1. The summed E-state index contributed by atoms with van der Waals surface area (Å²) in [5.74, 6) is -1.69. The van der Waals surface area contributed by atoms with Crippen LogP contribution >= 0.6 is 11.6 Å². The van der Waals surface area contributed by atoms with Crippen molar-refractivity contribution < 1.29 is 22.7 Å². The van der Waals surface area contributed by atoms with Crippen LogP contribution in [0.2, 0.25) is 5.02 Å². The molecule has 3 aromatic carbocycles. The summed E-state index contributed by atoms with van der Waals surface area (Å²) in [5, 5.41) is 10.1. The van der Waals surface area contributed by atoms with E-state index in [9.17, 15) is 17.6 Å². The molecule has 0 aliphatic heterocycles. The van der Waals surface area contributed by atoms with Gasteiger partial charge in [-0.3, -0.25) is 0 Å². The number of fused-ring (bicyclic) bond motifs is 1. The molecule has 0 fully saturated rings. The summed E-state index contributed by atoms with van der Waals surface area (Å²) in [6, 6.07) is 17.6. The summed E-state index contributed by atoms with van der Waals surface area (Å²) in [7, 11) is -4.09. The minimum absolute atomic E-state index is 0.137. The molecular formula is C22H15ClFNO4S. The Morgan fingerprint density at radius 3 is 2.40 bits per heavy atom. The molecule has 0 amide bonds. The molecule has 8 heteroatoms. The van der Waals surface area contributed by atoms with Gasteiger partial charge >= 0.3 is 5.97 Å². The maximum Gasteiger partial charge on any atom is 0.335 e. The first-order chi connectivity index (χ1) is 14.3. The van der Waals surface area contributed by atoms with Gasteiger partial charge < -0.3 is 5.11 Å². The molecule has 4 rings (SSSR count). The molecule has 0 unspecified atom stereocenters. The molecule has 152 valence electrons. The molecule has 4 aromatic rings. The van der Waals surface area contributed by atoms with E-state index in [0.29, 0.717) is 21.6 Å². The van der Waals surface area contributed by atoms with Crippen LogP contribution in [0.25, 0.3) is 10.9 Å². The third-order valence-electron chi connectivity index (χ3n) is 4.71. The lowest BCUT2D eigenvalue weighted by Gasteiger charge is -2.12. The Hall–Kier alpha value is -3.16. The number of benzene rings is 3. The van der Waals surface area contributed by atoms with E-state index >= 15 is 0 Å². The van der Waals surface area contributed by atoms with Crippen molar-refractivity contribution >= 4 is 38.5 Å². The first kappa shape index (κ1) is 20.1. The number of hydrogen-bond donors (Lipinski definition) is 1. The third-order valence-corrected chi connectivity index (χ3v) is 6.71. The van der Waals surface area contributed by atoms with Crippen LogP contribution in [0.3, 0.4) is 0 Å². The summed E-state index contributed by atoms with van der Waals surface area (Å²) in [6.45, 7) is 0. The second-order valence-corrected chi connectivity index (χ2v) is 8.97. The smallest absolute Gasteiger partial charge is 0.335 e. The second-order valence-electron chi connectivity index (χ2n) is 6.74. The van der Waals surface area contributed by atoms with Crippen LogP contribution in [0, 0.1) is 5.82 Å². The molecule has 30 heavy (non-hydrogen) atoms. The Bertz CT molecular complexity index is 1380. The Balaban J connectivity index is 1.88. The summed E-state index contributed by atoms with van der Waals surface area (Å²) in [4.78, 5) is 10.9. The highest BCUT2D eigenvalue weighted by Crippen LogP contribution is 2.29. The van der Waals surface area contributed by atoms with E-state index in [0.717, 1.165) is 11.6 Å². The van der Waals surface area contributed by atoms with E-state index in [-0.39, 0.29) is 16.9 Å². The van der Waals surface area contributed by atoms with Gasteiger partial charge in [-0.05, 0) is 60.2 Å². The van der Waals surface area contributed by atoms with Gasteiger partial charge in [0.2, 0.25) is 0 Å². The van der Waals surface area contributed by atoms with Gasteiger partial charge in [0.15, 0.2) is 0 Å². The predicted octanol–water partition coefficient (Wildman–Crippen LogP) is 4.96. The minimum Gasteiger partial charge on any atom is -0.478 e.